The van der Waals surface area contributed by atoms with Crippen LogP contribution in [0, 0.1) is 0 Å². The molecule has 1 N–H and O–H groups in total. The highest BCUT2D eigenvalue weighted by Gasteiger charge is 2.15. The van der Waals surface area contributed by atoms with Crippen molar-refractivity contribution in [3.05, 3.63) is 27.7 Å². The lowest BCUT2D eigenvalue weighted by Crippen LogP contribution is -2.21. The first-order valence-electron chi connectivity index (χ1n) is 6.49. The Kier molecular flexibility index (Phi) is 6.83. The van der Waals surface area contributed by atoms with E-state index >= 15 is 0 Å². The largest absolute Gasteiger partial charge is 0.492 e. The molecule has 0 aliphatic carbocycles. The standard InChI is InChI=1S/C14H21Cl2NO/c1-4-7-17-13(5-2)10-8-12(16)14(18-6-3)9-11(10)15/h8-9,13,17H,4-7H2,1-3H3. The molecule has 0 aliphatic rings. The van der Waals surface area contributed by atoms with Crippen molar-refractivity contribution in [1.29, 1.82) is 0 Å². The van der Waals surface area contributed by atoms with Gasteiger partial charge in [0.15, 0.2) is 0 Å². The Morgan fingerprint density at radius 1 is 1.17 bits per heavy atom. The summed E-state index contributed by atoms with van der Waals surface area (Å²) in [7, 11) is 0. The molecule has 1 unspecified atom stereocenters. The van der Waals surface area contributed by atoms with Gasteiger partial charge in [0.05, 0.1) is 11.6 Å². The molecule has 4 heteroatoms. The lowest BCUT2D eigenvalue weighted by molar-refractivity contribution is 0.340. The van der Waals surface area contributed by atoms with Crippen molar-refractivity contribution in [3.8, 4) is 5.75 Å². The van der Waals surface area contributed by atoms with Crippen molar-refractivity contribution < 1.29 is 4.74 Å². The maximum absolute atomic E-state index is 6.31. The molecule has 0 aliphatic heterocycles. The zero-order valence-electron chi connectivity index (χ0n) is 11.2. The van der Waals surface area contributed by atoms with Crippen LogP contribution in [0.4, 0.5) is 0 Å². The quantitative estimate of drug-likeness (QED) is 0.775. The van der Waals surface area contributed by atoms with Gasteiger partial charge in [-0.3, -0.25) is 0 Å². The Balaban J connectivity index is 2.97. The topological polar surface area (TPSA) is 21.3 Å². The van der Waals surface area contributed by atoms with Crippen LogP contribution >= 0.6 is 23.2 Å². The van der Waals surface area contributed by atoms with E-state index in [1.54, 1.807) is 6.07 Å². The first-order chi connectivity index (χ1) is 8.63. The molecular weight excluding hydrogens is 269 g/mol. The van der Waals surface area contributed by atoms with Gasteiger partial charge in [0.25, 0.3) is 0 Å². The van der Waals surface area contributed by atoms with Gasteiger partial charge in [-0.05, 0) is 37.9 Å². The van der Waals surface area contributed by atoms with Gasteiger partial charge in [-0.2, -0.15) is 0 Å². The highest BCUT2D eigenvalue weighted by Crippen LogP contribution is 2.35. The zero-order valence-corrected chi connectivity index (χ0v) is 12.7. The Hall–Kier alpha value is -0.440. The Morgan fingerprint density at radius 2 is 1.89 bits per heavy atom. The van der Waals surface area contributed by atoms with Crippen LogP contribution in [0.2, 0.25) is 10.0 Å². The average Bonchev–Trinajstić information content (AvgIpc) is 2.36. The van der Waals surface area contributed by atoms with Crippen LogP contribution in [0.25, 0.3) is 0 Å². The van der Waals surface area contributed by atoms with E-state index in [9.17, 15) is 0 Å². The first-order valence-corrected chi connectivity index (χ1v) is 7.24. The van der Waals surface area contributed by atoms with Crippen LogP contribution in [0.1, 0.15) is 45.2 Å². The average molecular weight is 290 g/mol. The minimum atomic E-state index is 0.241. The molecule has 1 atom stereocenters. The summed E-state index contributed by atoms with van der Waals surface area (Å²) in [5, 5.41) is 4.80. The predicted octanol–water partition coefficient (Wildman–Crippen LogP) is 4.84. The van der Waals surface area contributed by atoms with Crippen molar-refractivity contribution in [1.82, 2.24) is 5.32 Å². The fraction of sp³-hybridized carbons (Fsp3) is 0.571. The number of nitrogens with one attached hydrogen (secondary N) is 1. The molecule has 102 valence electrons. The molecule has 0 aromatic heterocycles. The molecule has 0 heterocycles. The minimum absolute atomic E-state index is 0.241. The van der Waals surface area contributed by atoms with Gasteiger partial charge in [-0.15, -0.1) is 0 Å². The van der Waals surface area contributed by atoms with Gasteiger partial charge in [-0.1, -0.05) is 37.0 Å². The molecule has 18 heavy (non-hydrogen) atoms. The molecule has 0 bridgehead atoms. The molecule has 0 radical (unpaired) electrons. The minimum Gasteiger partial charge on any atom is -0.492 e. The van der Waals surface area contributed by atoms with E-state index in [4.69, 9.17) is 27.9 Å². The highest BCUT2D eigenvalue weighted by atomic mass is 35.5. The summed E-state index contributed by atoms with van der Waals surface area (Å²) in [4.78, 5) is 0. The van der Waals surface area contributed by atoms with Crippen LogP contribution in [0.3, 0.4) is 0 Å². The molecule has 1 aromatic carbocycles. The predicted molar refractivity (Wildman–Crippen MR) is 79.0 cm³/mol. The number of hydrogen-bond donors (Lipinski definition) is 1. The summed E-state index contributed by atoms with van der Waals surface area (Å²) >= 11 is 12.5. The van der Waals surface area contributed by atoms with Gasteiger partial charge < -0.3 is 10.1 Å². The van der Waals surface area contributed by atoms with Gasteiger partial charge in [0.2, 0.25) is 0 Å². The lowest BCUT2D eigenvalue weighted by atomic mass is 10.0. The summed E-state index contributed by atoms with van der Waals surface area (Å²) in [5.74, 6) is 0.651. The normalized spacial score (nSPS) is 12.5. The molecule has 0 fully saturated rings. The molecule has 0 spiro atoms. The molecule has 0 saturated heterocycles. The van der Waals surface area contributed by atoms with E-state index in [1.165, 1.54) is 0 Å². The number of ether oxygens (including phenoxy) is 1. The Bertz CT molecular complexity index is 382. The maximum atomic E-state index is 6.31. The number of rotatable bonds is 7. The first kappa shape index (κ1) is 15.6. The molecule has 1 aromatic rings. The van der Waals surface area contributed by atoms with Crippen LogP contribution in [-0.2, 0) is 0 Å². The Labute approximate surface area is 120 Å². The van der Waals surface area contributed by atoms with E-state index < -0.39 is 0 Å². The molecular formula is C14H21Cl2NO. The molecule has 2 nitrogen and oxygen atoms in total. The van der Waals surface area contributed by atoms with Gasteiger partial charge in [0.1, 0.15) is 5.75 Å². The second kappa shape index (κ2) is 7.88. The maximum Gasteiger partial charge on any atom is 0.139 e. The van der Waals surface area contributed by atoms with E-state index in [-0.39, 0.29) is 6.04 Å². The van der Waals surface area contributed by atoms with Gasteiger partial charge in [0, 0.05) is 17.1 Å². The summed E-state index contributed by atoms with van der Waals surface area (Å²) in [5.41, 5.74) is 1.04. The van der Waals surface area contributed by atoms with Crippen LogP contribution < -0.4 is 10.1 Å². The van der Waals surface area contributed by atoms with E-state index in [2.05, 4.69) is 19.2 Å². The van der Waals surface area contributed by atoms with E-state index in [1.807, 2.05) is 13.0 Å². The van der Waals surface area contributed by atoms with Crippen LogP contribution in [0.15, 0.2) is 12.1 Å². The number of hydrogen-bond acceptors (Lipinski definition) is 2. The third kappa shape index (κ3) is 4.04. The van der Waals surface area contributed by atoms with Crippen molar-refractivity contribution in [3.63, 3.8) is 0 Å². The van der Waals surface area contributed by atoms with Crippen molar-refractivity contribution in [2.45, 2.75) is 39.7 Å². The SMILES string of the molecule is CCCNC(CC)c1cc(Cl)c(OCC)cc1Cl. The third-order valence-corrected chi connectivity index (χ3v) is 3.40. The van der Waals surface area contributed by atoms with Crippen LogP contribution in [-0.4, -0.2) is 13.2 Å². The molecule has 1 rings (SSSR count). The van der Waals surface area contributed by atoms with E-state index in [0.29, 0.717) is 22.4 Å². The van der Waals surface area contributed by atoms with Crippen molar-refractivity contribution >= 4 is 23.2 Å². The summed E-state index contributed by atoms with van der Waals surface area (Å²) < 4.78 is 5.43. The summed E-state index contributed by atoms with van der Waals surface area (Å²) in [6.07, 6.45) is 2.07. The number of benzene rings is 1. The fourth-order valence-electron chi connectivity index (χ4n) is 1.87. The van der Waals surface area contributed by atoms with Crippen molar-refractivity contribution in [2.24, 2.45) is 0 Å². The second-order valence-electron chi connectivity index (χ2n) is 4.15. The molecule has 0 amide bonds. The zero-order chi connectivity index (χ0) is 13.5. The van der Waals surface area contributed by atoms with Gasteiger partial charge in [-0.25, -0.2) is 0 Å². The van der Waals surface area contributed by atoms with Crippen LogP contribution in [0.5, 0.6) is 5.75 Å². The third-order valence-electron chi connectivity index (χ3n) is 2.78. The monoisotopic (exact) mass is 289 g/mol. The lowest BCUT2D eigenvalue weighted by Gasteiger charge is -2.19. The van der Waals surface area contributed by atoms with Crippen molar-refractivity contribution in [2.75, 3.05) is 13.2 Å². The Morgan fingerprint density at radius 3 is 2.44 bits per heavy atom. The summed E-state index contributed by atoms with van der Waals surface area (Å²) in [6.45, 7) is 7.76. The highest BCUT2D eigenvalue weighted by molar-refractivity contribution is 6.34. The smallest absolute Gasteiger partial charge is 0.139 e. The molecule has 0 saturated carbocycles. The summed E-state index contributed by atoms with van der Waals surface area (Å²) in [6, 6.07) is 3.95. The number of halogens is 2. The van der Waals surface area contributed by atoms with Gasteiger partial charge >= 0.3 is 0 Å². The second-order valence-corrected chi connectivity index (χ2v) is 4.97. The van der Waals surface area contributed by atoms with E-state index in [0.717, 1.165) is 24.9 Å². The fourth-order valence-corrected chi connectivity index (χ4v) is 2.38.